The van der Waals surface area contributed by atoms with E-state index in [0.29, 0.717) is 51.1 Å². The van der Waals surface area contributed by atoms with Crippen LogP contribution in [0.15, 0.2) is 94.1 Å². The lowest BCUT2D eigenvalue weighted by molar-refractivity contribution is 0.0971. The number of rotatable bonds is 7. The van der Waals surface area contributed by atoms with E-state index in [1.807, 2.05) is 49.4 Å². The minimum Gasteiger partial charge on any atom is -0.495 e. The van der Waals surface area contributed by atoms with Crippen molar-refractivity contribution in [2.45, 2.75) is 19.6 Å². The zero-order valence-corrected chi connectivity index (χ0v) is 23.4. The normalized spacial score (nSPS) is 14.3. The molecule has 0 aliphatic carbocycles. The van der Waals surface area contributed by atoms with Gasteiger partial charge in [-0.2, -0.15) is 0 Å². The Morgan fingerprint density at radius 3 is 2.34 bits per heavy atom. The molecule has 0 spiro atoms. The van der Waals surface area contributed by atoms with Gasteiger partial charge in [-0.25, -0.2) is 0 Å². The van der Waals surface area contributed by atoms with Crippen molar-refractivity contribution in [1.82, 2.24) is 0 Å². The number of hydrogen-bond acceptors (Lipinski definition) is 6. The standard InChI is InChI=1S/C33H26ClNO6/c1-19-9-12-25-23(15-19)31(36)29-30(35(33(37)32(29)41-25)22-11-14-26(38-2)24(34)17-22)21-10-13-27(28(16-21)39-3)40-18-20-7-5-4-6-8-20/h4-17,30H,18H2,1-3H3. The fourth-order valence-electron chi connectivity index (χ4n) is 5.18. The Bertz CT molecular complexity index is 1850. The van der Waals surface area contributed by atoms with Gasteiger partial charge < -0.3 is 18.6 Å². The molecule has 1 atom stereocenters. The minimum absolute atomic E-state index is 0.00772. The van der Waals surface area contributed by atoms with Crippen LogP contribution in [0.5, 0.6) is 17.2 Å². The highest BCUT2D eigenvalue weighted by molar-refractivity contribution is 6.32. The van der Waals surface area contributed by atoms with Gasteiger partial charge in [0.05, 0.1) is 36.2 Å². The lowest BCUT2D eigenvalue weighted by Crippen LogP contribution is -2.29. The molecule has 1 aliphatic heterocycles. The second-order valence-electron chi connectivity index (χ2n) is 9.75. The third-order valence-corrected chi connectivity index (χ3v) is 7.48. The summed E-state index contributed by atoms with van der Waals surface area (Å²) in [6.45, 7) is 2.26. The molecular formula is C33H26ClNO6. The number of fused-ring (bicyclic) bond motifs is 2. The van der Waals surface area contributed by atoms with Crippen LogP contribution in [0.3, 0.4) is 0 Å². The van der Waals surface area contributed by atoms with Crippen LogP contribution in [-0.4, -0.2) is 20.1 Å². The smallest absolute Gasteiger partial charge is 0.295 e. The molecule has 2 heterocycles. The van der Waals surface area contributed by atoms with Crippen LogP contribution in [-0.2, 0) is 6.61 Å². The monoisotopic (exact) mass is 567 g/mol. The van der Waals surface area contributed by atoms with Crippen LogP contribution in [0.1, 0.15) is 38.9 Å². The van der Waals surface area contributed by atoms with Gasteiger partial charge in [-0.05, 0) is 60.5 Å². The largest absolute Gasteiger partial charge is 0.495 e. The third kappa shape index (κ3) is 4.68. The van der Waals surface area contributed by atoms with Gasteiger partial charge in [0, 0.05) is 5.69 Å². The summed E-state index contributed by atoms with van der Waals surface area (Å²) in [4.78, 5) is 29.5. The van der Waals surface area contributed by atoms with Crippen LogP contribution in [0.4, 0.5) is 5.69 Å². The predicted molar refractivity (Wildman–Crippen MR) is 158 cm³/mol. The Morgan fingerprint density at radius 1 is 0.854 bits per heavy atom. The van der Waals surface area contributed by atoms with Crippen LogP contribution >= 0.6 is 11.6 Å². The lowest BCUT2D eigenvalue weighted by atomic mass is 9.97. The van der Waals surface area contributed by atoms with Gasteiger partial charge in [0.15, 0.2) is 16.9 Å². The van der Waals surface area contributed by atoms with E-state index in [1.54, 1.807) is 49.6 Å². The summed E-state index contributed by atoms with van der Waals surface area (Å²) in [5.74, 6) is 1.01. The first-order chi connectivity index (χ1) is 19.9. The number of ether oxygens (including phenoxy) is 3. The van der Waals surface area contributed by atoms with E-state index in [1.165, 1.54) is 12.0 Å². The maximum Gasteiger partial charge on any atom is 0.295 e. The number of halogens is 1. The summed E-state index contributed by atoms with van der Waals surface area (Å²) < 4.78 is 23.1. The number of anilines is 1. The maximum atomic E-state index is 14.0. The van der Waals surface area contributed by atoms with Crippen molar-refractivity contribution in [3.05, 3.63) is 128 Å². The van der Waals surface area contributed by atoms with Crippen molar-refractivity contribution in [2.24, 2.45) is 0 Å². The van der Waals surface area contributed by atoms with Crippen LogP contribution in [0.2, 0.25) is 5.02 Å². The molecule has 1 unspecified atom stereocenters. The van der Waals surface area contributed by atoms with Gasteiger partial charge in [0.2, 0.25) is 5.76 Å². The highest BCUT2D eigenvalue weighted by Gasteiger charge is 2.44. The Balaban J connectivity index is 1.50. The highest BCUT2D eigenvalue weighted by atomic mass is 35.5. The van der Waals surface area contributed by atoms with E-state index in [4.69, 9.17) is 30.2 Å². The summed E-state index contributed by atoms with van der Waals surface area (Å²) in [5.41, 5.74) is 3.38. The van der Waals surface area contributed by atoms with E-state index < -0.39 is 11.9 Å². The fraction of sp³-hybridized carbons (Fsp3) is 0.152. The zero-order chi connectivity index (χ0) is 28.7. The number of hydrogen-bond donors (Lipinski definition) is 0. The Kier molecular flexibility index (Phi) is 6.89. The summed E-state index contributed by atoms with van der Waals surface area (Å²) in [5, 5.41) is 0.737. The molecule has 6 rings (SSSR count). The van der Waals surface area contributed by atoms with Crippen molar-refractivity contribution >= 4 is 34.2 Å². The Hall–Kier alpha value is -4.75. The lowest BCUT2D eigenvalue weighted by Gasteiger charge is -2.26. The number of carbonyl (C=O) groups is 1. The van der Waals surface area contributed by atoms with Crippen molar-refractivity contribution in [3.8, 4) is 17.2 Å². The predicted octanol–water partition coefficient (Wildman–Crippen LogP) is 7.10. The molecule has 1 amide bonds. The summed E-state index contributed by atoms with van der Waals surface area (Å²) in [6.07, 6.45) is 0. The molecule has 8 heteroatoms. The van der Waals surface area contributed by atoms with E-state index >= 15 is 0 Å². The first-order valence-electron chi connectivity index (χ1n) is 13.0. The second-order valence-corrected chi connectivity index (χ2v) is 10.2. The maximum absolute atomic E-state index is 14.0. The van der Waals surface area contributed by atoms with E-state index in [-0.39, 0.29) is 16.8 Å². The summed E-state index contributed by atoms with van der Waals surface area (Å²) >= 11 is 6.46. The second kappa shape index (κ2) is 10.7. The molecule has 0 bridgehead atoms. The number of methoxy groups -OCH3 is 2. The molecule has 4 aromatic carbocycles. The van der Waals surface area contributed by atoms with Crippen molar-refractivity contribution in [2.75, 3.05) is 19.1 Å². The Morgan fingerprint density at radius 2 is 1.61 bits per heavy atom. The SMILES string of the molecule is COc1ccc(N2C(=O)c3oc4ccc(C)cc4c(=O)c3C2c2ccc(OCc3ccccc3)c(OC)c2)cc1Cl. The van der Waals surface area contributed by atoms with Gasteiger partial charge in [-0.15, -0.1) is 0 Å². The molecule has 1 aliphatic rings. The molecule has 41 heavy (non-hydrogen) atoms. The molecule has 7 nitrogen and oxygen atoms in total. The van der Waals surface area contributed by atoms with Crippen molar-refractivity contribution < 1.29 is 23.4 Å². The molecule has 0 radical (unpaired) electrons. The third-order valence-electron chi connectivity index (χ3n) is 7.18. The number of benzene rings is 4. The quantitative estimate of drug-likeness (QED) is 0.209. The molecule has 0 N–H and O–H groups in total. The number of nitrogens with zero attached hydrogens (tertiary/aromatic N) is 1. The van der Waals surface area contributed by atoms with Gasteiger partial charge in [-0.1, -0.05) is 59.6 Å². The van der Waals surface area contributed by atoms with E-state index in [9.17, 15) is 9.59 Å². The highest BCUT2D eigenvalue weighted by Crippen LogP contribution is 2.44. The molecule has 5 aromatic rings. The van der Waals surface area contributed by atoms with Gasteiger partial charge >= 0.3 is 0 Å². The average molecular weight is 568 g/mol. The van der Waals surface area contributed by atoms with E-state index in [2.05, 4.69) is 0 Å². The fourth-order valence-corrected chi connectivity index (χ4v) is 5.43. The summed E-state index contributed by atoms with van der Waals surface area (Å²) in [7, 11) is 3.07. The molecule has 206 valence electrons. The topological polar surface area (TPSA) is 78.2 Å². The Labute approximate surface area is 241 Å². The summed E-state index contributed by atoms with van der Waals surface area (Å²) in [6, 6.07) is 24.8. The molecule has 0 fully saturated rings. The number of amides is 1. The van der Waals surface area contributed by atoms with Crippen LogP contribution in [0, 0.1) is 6.92 Å². The van der Waals surface area contributed by atoms with Crippen LogP contribution in [0.25, 0.3) is 11.0 Å². The first-order valence-corrected chi connectivity index (χ1v) is 13.4. The van der Waals surface area contributed by atoms with E-state index in [0.717, 1.165) is 11.1 Å². The van der Waals surface area contributed by atoms with Gasteiger partial charge in [0.1, 0.15) is 17.9 Å². The van der Waals surface area contributed by atoms with Gasteiger partial charge in [0.25, 0.3) is 5.91 Å². The van der Waals surface area contributed by atoms with Crippen molar-refractivity contribution in [1.29, 1.82) is 0 Å². The molecule has 0 saturated carbocycles. The number of carbonyl (C=O) groups excluding carboxylic acids is 1. The van der Waals surface area contributed by atoms with Crippen LogP contribution < -0.4 is 24.5 Å². The minimum atomic E-state index is -0.805. The molecule has 1 aromatic heterocycles. The zero-order valence-electron chi connectivity index (χ0n) is 22.6. The molecule has 0 saturated heterocycles. The average Bonchev–Trinajstić information content (AvgIpc) is 3.29. The van der Waals surface area contributed by atoms with Gasteiger partial charge in [-0.3, -0.25) is 14.5 Å². The molecular weight excluding hydrogens is 542 g/mol. The first kappa shape index (κ1) is 26.5. The van der Waals surface area contributed by atoms with Crippen molar-refractivity contribution in [3.63, 3.8) is 0 Å². The number of aryl methyl sites for hydroxylation is 1.